The minimum Gasteiger partial charge on any atom is -0.478 e. The van der Waals surface area contributed by atoms with Gasteiger partial charge in [0.1, 0.15) is 11.6 Å². The minimum atomic E-state index is -1.07. The van der Waals surface area contributed by atoms with E-state index in [9.17, 15) is 9.18 Å². The molecule has 1 aromatic heterocycles. The monoisotopic (exact) mass is 284 g/mol. The SMILES string of the molecule is Cc1nc2ccccc2n1Cc1cc(C(=O)O)ccc1F. The molecule has 2 aromatic carbocycles. The highest BCUT2D eigenvalue weighted by Gasteiger charge is 2.12. The fourth-order valence-electron chi connectivity index (χ4n) is 2.39. The molecule has 106 valence electrons. The molecule has 1 heterocycles. The Morgan fingerprint density at radius 3 is 2.81 bits per heavy atom. The number of hydrogen-bond donors (Lipinski definition) is 1. The molecule has 0 spiro atoms. The van der Waals surface area contributed by atoms with Crippen molar-refractivity contribution in [1.29, 1.82) is 0 Å². The van der Waals surface area contributed by atoms with E-state index in [0.717, 1.165) is 16.9 Å². The highest BCUT2D eigenvalue weighted by molar-refractivity contribution is 5.87. The summed E-state index contributed by atoms with van der Waals surface area (Å²) in [4.78, 5) is 15.4. The first-order valence-corrected chi connectivity index (χ1v) is 6.50. The zero-order chi connectivity index (χ0) is 15.0. The van der Waals surface area contributed by atoms with Gasteiger partial charge in [-0.3, -0.25) is 0 Å². The third-order valence-electron chi connectivity index (χ3n) is 3.47. The number of aromatic nitrogens is 2. The second-order valence-corrected chi connectivity index (χ2v) is 4.85. The second-order valence-electron chi connectivity index (χ2n) is 4.85. The zero-order valence-corrected chi connectivity index (χ0v) is 11.4. The minimum absolute atomic E-state index is 0.0773. The summed E-state index contributed by atoms with van der Waals surface area (Å²) in [6, 6.07) is 11.4. The van der Waals surface area contributed by atoms with Crippen molar-refractivity contribution < 1.29 is 14.3 Å². The van der Waals surface area contributed by atoms with E-state index < -0.39 is 11.8 Å². The maximum absolute atomic E-state index is 13.9. The smallest absolute Gasteiger partial charge is 0.335 e. The van der Waals surface area contributed by atoms with Crippen molar-refractivity contribution in [1.82, 2.24) is 9.55 Å². The van der Waals surface area contributed by atoms with Crippen LogP contribution in [0.3, 0.4) is 0 Å². The number of aryl methyl sites for hydroxylation is 1. The van der Waals surface area contributed by atoms with Crippen LogP contribution in [0.15, 0.2) is 42.5 Å². The first-order valence-electron chi connectivity index (χ1n) is 6.50. The Morgan fingerprint density at radius 1 is 1.29 bits per heavy atom. The first kappa shape index (κ1) is 13.3. The van der Waals surface area contributed by atoms with E-state index in [1.165, 1.54) is 18.2 Å². The molecule has 1 N–H and O–H groups in total. The van der Waals surface area contributed by atoms with Gasteiger partial charge in [-0.05, 0) is 37.3 Å². The zero-order valence-electron chi connectivity index (χ0n) is 11.4. The number of aromatic carboxylic acids is 1. The Hall–Kier alpha value is -2.69. The molecule has 0 aliphatic heterocycles. The van der Waals surface area contributed by atoms with Crippen LogP contribution in [0, 0.1) is 12.7 Å². The number of imidazole rings is 1. The summed E-state index contributed by atoms with van der Waals surface area (Å²) in [6.07, 6.45) is 0. The molecule has 3 rings (SSSR count). The number of rotatable bonds is 3. The van der Waals surface area contributed by atoms with Gasteiger partial charge in [-0.25, -0.2) is 14.2 Å². The van der Waals surface area contributed by atoms with Gasteiger partial charge in [0.05, 0.1) is 23.1 Å². The van der Waals surface area contributed by atoms with Crippen molar-refractivity contribution in [3.8, 4) is 0 Å². The van der Waals surface area contributed by atoms with Crippen LogP contribution in [0.4, 0.5) is 4.39 Å². The standard InChI is InChI=1S/C16H13FN2O2/c1-10-18-14-4-2-3-5-15(14)19(10)9-12-8-11(16(20)21)6-7-13(12)17/h2-8H,9H2,1H3,(H,20,21). The summed E-state index contributed by atoms with van der Waals surface area (Å²) in [7, 11) is 0. The topological polar surface area (TPSA) is 55.1 Å². The highest BCUT2D eigenvalue weighted by Crippen LogP contribution is 2.19. The number of hydrogen-bond acceptors (Lipinski definition) is 2. The number of benzene rings is 2. The molecule has 0 saturated heterocycles. The van der Waals surface area contributed by atoms with Gasteiger partial charge >= 0.3 is 5.97 Å². The van der Waals surface area contributed by atoms with Gasteiger partial charge in [0, 0.05) is 5.56 Å². The lowest BCUT2D eigenvalue weighted by Crippen LogP contribution is -2.06. The molecule has 0 amide bonds. The molecule has 0 aliphatic rings. The largest absolute Gasteiger partial charge is 0.478 e. The maximum atomic E-state index is 13.9. The molecule has 0 saturated carbocycles. The number of carboxylic acid groups (broad SMARTS) is 1. The Kier molecular flexibility index (Phi) is 3.17. The number of halogens is 1. The van der Waals surface area contributed by atoms with E-state index in [1.807, 2.05) is 35.8 Å². The van der Waals surface area contributed by atoms with Crippen molar-refractivity contribution in [2.24, 2.45) is 0 Å². The lowest BCUT2D eigenvalue weighted by Gasteiger charge is -2.09. The summed E-state index contributed by atoms with van der Waals surface area (Å²) in [5, 5.41) is 9.01. The highest BCUT2D eigenvalue weighted by atomic mass is 19.1. The lowest BCUT2D eigenvalue weighted by molar-refractivity contribution is 0.0696. The number of fused-ring (bicyclic) bond motifs is 1. The van der Waals surface area contributed by atoms with Crippen molar-refractivity contribution >= 4 is 17.0 Å². The molecule has 0 atom stereocenters. The predicted octanol–water partition coefficient (Wildman–Crippen LogP) is 3.23. The van der Waals surface area contributed by atoms with E-state index >= 15 is 0 Å². The van der Waals surface area contributed by atoms with E-state index in [0.29, 0.717) is 5.56 Å². The molecular formula is C16H13FN2O2. The van der Waals surface area contributed by atoms with E-state index in [2.05, 4.69) is 4.98 Å². The predicted molar refractivity (Wildman–Crippen MR) is 76.9 cm³/mol. The van der Waals surface area contributed by atoms with E-state index in [4.69, 9.17) is 5.11 Å². The van der Waals surface area contributed by atoms with Gasteiger partial charge in [0.2, 0.25) is 0 Å². The van der Waals surface area contributed by atoms with Gasteiger partial charge < -0.3 is 9.67 Å². The summed E-state index contributed by atoms with van der Waals surface area (Å²) >= 11 is 0. The summed E-state index contributed by atoms with van der Waals surface area (Å²) in [6.45, 7) is 2.10. The van der Waals surface area contributed by atoms with Crippen LogP contribution in [0.1, 0.15) is 21.7 Å². The van der Waals surface area contributed by atoms with Gasteiger partial charge in [0.15, 0.2) is 0 Å². The third-order valence-corrected chi connectivity index (χ3v) is 3.47. The molecule has 0 bridgehead atoms. The van der Waals surface area contributed by atoms with Crippen molar-refractivity contribution in [3.63, 3.8) is 0 Å². The van der Waals surface area contributed by atoms with Crippen molar-refractivity contribution in [3.05, 3.63) is 65.2 Å². The molecule has 4 nitrogen and oxygen atoms in total. The fourth-order valence-corrected chi connectivity index (χ4v) is 2.39. The molecule has 5 heteroatoms. The maximum Gasteiger partial charge on any atom is 0.335 e. The Labute approximate surface area is 120 Å². The van der Waals surface area contributed by atoms with Crippen LogP contribution in [0.2, 0.25) is 0 Å². The van der Waals surface area contributed by atoms with Crippen LogP contribution >= 0.6 is 0 Å². The molecule has 0 aliphatic carbocycles. The average Bonchev–Trinajstić information content (AvgIpc) is 2.77. The van der Waals surface area contributed by atoms with Gasteiger partial charge in [0.25, 0.3) is 0 Å². The molecule has 0 radical (unpaired) electrons. The Morgan fingerprint density at radius 2 is 2.05 bits per heavy atom. The van der Waals surface area contributed by atoms with Gasteiger partial charge in [-0.2, -0.15) is 0 Å². The third kappa shape index (κ3) is 2.38. The average molecular weight is 284 g/mol. The quantitative estimate of drug-likeness (QED) is 0.803. The van der Waals surface area contributed by atoms with Crippen LogP contribution in [-0.4, -0.2) is 20.6 Å². The van der Waals surface area contributed by atoms with E-state index in [1.54, 1.807) is 0 Å². The molecule has 0 unspecified atom stereocenters. The van der Waals surface area contributed by atoms with Crippen LogP contribution in [0.5, 0.6) is 0 Å². The first-order chi connectivity index (χ1) is 10.1. The van der Waals surface area contributed by atoms with Crippen molar-refractivity contribution in [2.75, 3.05) is 0 Å². The summed E-state index contributed by atoms with van der Waals surface area (Å²) < 4.78 is 15.8. The molecule has 21 heavy (non-hydrogen) atoms. The van der Waals surface area contributed by atoms with Crippen LogP contribution in [-0.2, 0) is 6.54 Å². The Bertz CT molecular complexity index is 839. The van der Waals surface area contributed by atoms with Crippen molar-refractivity contribution in [2.45, 2.75) is 13.5 Å². The lowest BCUT2D eigenvalue weighted by atomic mass is 10.1. The molecular weight excluding hydrogens is 271 g/mol. The fraction of sp³-hybridized carbons (Fsp3) is 0.125. The van der Waals surface area contributed by atoms with Crippen LogP contribution in [0.25, 0.3) is 11.0 Å². The van der Waals surface area contributed by atoms with Gasteiger partial charge in [-0.1, -0.05) is 12.1 Å². The molecule has 0 fully saturated rings. The van der Waals surface area contributed by atoms with Crippen LogP contribution < -0.4 is 0 Å². The number of carboxylic acids is 1. The Balaban J connectivity index is 2.08. The summed E-state index contributed by atoms with van der Waals surface area (Å²) in [5.41, 5.74) is 2.15. The number of para-hydroxylation sites is 2. The molecule has 3 aromatic rings. The van der Waals surface area contributed by atoms with E-state index in [-0.39, 0.29) is 12.1 Å². The normalized spacial score (nSPS) is 11.0. The van der Waals surface area contributed by atoms with Gasteiger partial charge in [-0.15, -0.1) is 0 Å². The number of carbonyl (C=O) groups is 1. The summed E-state index contributed by atoms with van der Waals surface area (Å²) in [5.74, 6) is -0.725. The second kappa shape index (κ2) is 5.01. The number of nitrogens with zero attached hydrogens (tertiary/aromatic N) is 2.